The Morgan fingerprint density at radius 1 is 1.29 bits per heavy atom. The summed E-state index contributed by atoms with van der Waals surface area (Å²) in [5.74, 6) is 2.47. The Labute approximate surface area is 133 Å². The van der Waals surface area contributed by atoms with Crippen molar-refractivity contribution in [2.45, 2.75) is 45.0 Å². The minimum Gasteiger partial charge on any atom is -0.356 e. The minimum atomic E-state index is 0.555. The summed E-state index contributed by atoms with van der Waals surface area (Å²) >= 11 is 6.19. The van der Waals surface area contributed by atoms with E-state index in [1.54, 1.807) is 0 Å². The van der Waals surface area contributed by atoms with Crippen LogP contribution in [0.3, 0.4) is 0 Å². The number of likely N-dealkylation sites (tertiary alicyclic amines) is 1. The lowest BCUT2D eigenvalue weighted by molar-refractivity contribution is 0.102. The molecule has 0 bridgehead atoms. The standard InChI is InChI=1S/C17H26ClN3/c1-12-9-13(2)19-17(15(12)10-18)21-8-6-16-14(11-21)5-4-7-20(16)3/h9,14,16H,4-8,10-11H2,1-3H3. The molecule has 116 valence electrons. The molecule has 4 heteroatoms. The van der Waals surface area contributed by atoms with Gasteiger partial charge in [0.1, 0.15) is 5.82 Å². The molecule has 1 aromatic heterocycles. The van der Waals surface area contributed by atoms with Gasteiger partial charge in [-0.05, 0) is 64.3 Å². The monoisotopic (exact) mass is 307 g/mol. The first kappa shape index (κ1) is 15.1. The second kappa shape index (κ2) is 6.13. The van der Waals surface area contributed by atoms with Gasteiger partial charge in [-0.25, -0.2) is 4.98 Å². The van der Waals surface area contributed by atoms with Gasteiger partial charge in [0.25, 0.3) is 0 Å². The predicted molar refractivity (Wildman–Crippen MR) is 89.2 cm³/mol. The molecule has 0 saturated carbocycles. The quantitative estimate of drug-likeness (QED) is 0.781. The zero-order valence-corrected chi connectivity index (χ0v) is 14.2. The Kier molecular flexibility index (Phi) is 4.41. The van der Waals surface area contributed by atoms with Crippen molar-refractivity contribution in [1.29, 1.82) is 0 Å². The Hall–Kier alpha value is -0.800. The largest absolute Gasteiger partial charge is 0.356 e. The first-order chi connectivity index (χ1) is 10.1. The molecule has 21 heavy (non-hydrogen) atoms. The molecular weight excluding hydrogens is 282 g/mol. The first-order valence-electron chi connectivity index (χ1n) is 8.08. The van der Waals surface area contributed by atoms with Crippen LogP contribution in [0, 0.1) is 19.8 Å². The smallest absolute Gasteiger partial charge is 0.133 e. The van der Waals surface area contributed by atoms with Crippen LogP contribution in [0.2, 0.25) is 0 Å². The molecular formula is C17H26ClN3. The van der Waals surface area contributed by atoms with Crippen LogP contribution in [0.25, 0.3) is 0 Å². The SMILES string of the molecule is Cc1cc(C)c(CCl)c(N2CCC3C(CCCN3C)C2)n1. The summed E-state index contributed by atoms with van der Waals surface area (Å²) in [4.78, 5) is 9.86. The van der Waals surface area contributed by atoms with Crippen LogP contribution in [-0.4, -0.2) is 42.6 Å². The van der Waals surface area contributed by atoms with E-state index in [-0.39, 0.29) is 0 Å². The molecule has 2 saturated heterocycles. The van der Waals surface area contributed by atoms with Gasteiger partial charge in [-0.2, -0.15) is 0 Å². The van der Waals surface area contributed by atoms with Crippen molar-refractivity contribution in [3.8, 4) is 0 Å². The van der Waals surface area contributed by atoms with Gasteiger partial charge in [-0.3, -0.25) is 0 Å². The highest BCUT2D eigenvalue weighted by Crippen LogP contribution is 2.33. The summed E-state index contributed by atoms with van der Waals surface area (Å²) in [6.45, 7) is 7.72. The van der Waals surface area contributed by atoms with Crippen molar-refractivity contribution in [1.82, 2.24) is 9.88 Å². The molecule has 2 aliphatic rings. The van der Waals surface area contributed by atoms with Crippen LogP contribution in [0.15, 0.2) is 6.07 Å². The number of hydrogen-bond acceptors (Lipinski definition) is 3. The van der Waals surface area contributed by atoms with E-state index in [1.807, 2.05) is 0 Å². The van der Waals surface area contributed by atoms with Gasteiger partial charge in [0.15, 0.2) is 0 Å². The van der Waals surface area contributed by atoms with Crippen molar-refractivity contribution in [3.05, 3.63) is 22.9 Å². The maximum Gasteiger partial charge on any atom is 0.133 e. The highest BCUT2D eigenvalue weighted by atomic mass is 35.5. The Morgan fingerprint density at radius 3 is 2.86 bits per heavy atom. The Balaban J connectivity index is 1.85. The molecule has 3 rings (SSSR count). The summed E-state index contributed by atoms with van der Waals surface area (Å²) in [5, 5.41) is 0. The van der Waals surface area contributed by atoms with Crippen LogP contribution in [0.4, 0.5) is 5.82 Å². The molecule has 0 aliphatic carbocycles. The summed E-state index contributed by atoms with van der Waals surface area (Å²) in [6, 6.07) is 2.91. The van der Waals surface area contributed by atoms with Gasteiger partial charge in [0.05, 0.1) is 5.88 Å². The number of aromatic nitrogens is 1. The third-order valence-electron chi connectivity index (χ3n) is 5.23. The lowest BCUT2D eigenvalue weighted by Crippen LogP contribution is -2.53. The summed E-state index contributed by atoms with van der Waals surface area (Å²) < 4.78 is 0. The fraction of sp³-hybridized carbons (Fsp3) is 0.706. The van der Waals surface area contributed by atoms with Crippen molar-refractivity contribution in [2.24, 2.45) is 5.92 Å². The number of alkyl halides is 1. The van der Waals surface area contributed by atoms with E-state index in [2.05, 4.69) is 36.8 Å². The molecule has 3 nitrogen and oxygen atoms in total. The number of aryl methyl sites for hydroxylation is 2. The van der Waals surface area contributed by atoms with Gasteiger partial charge < -0.3 is 9.80 Å². The summed E-state index contributed by atoms with van der Waals surface area (Å²) in [5.41, 5.74) is 3.58. The minimum absolute atomic E-state index is 0.555. The molecule has 3 heterocycles. The van der Waals surface area contributed by atoms with E-state index in [1.165, 1.54) is 36.9 Å². The number of rotatable bonds is 2. The highest BCUT2D eigenvalue weighted by Gasteiger charge is 2.35. The molecule has 0 N–H and O–H groups in total. The maximum atomic E-state index is 6.19. The number of nitrogens with zero attached hydrogens (tertiary/aromatic N) is 3. The third-order valence-corrected chi connectivity index (χ3v) is 5.50. The average Bonchev–Trinajstić information content (AvgIpc) is 2.46. The molecule has 2 unspecified atom stereocenters. The molecule has 0 spiro atoms. The van der Waals surface area contributed by atoms with E-state index in [4.69, 9.17) is 16.6 Å². The highest BCUT2D eigenvalue weighted by molar-refractivity contribution is 6.17. The zero-order valence-electron chi connectivity index (χ0n) is 13.4. The third kappa shape index (κ3) is 2.91. The summed E-state index contributed by atoms with van der Waals surface area (Å²) in [7, 11) is 2.28. The lowest BCUT2D eigenvalue weighted by Gasteiger charge is -2.46. The molecule has 2 atom stereocenters. The average molecular weight is 308 g/mol. The number of pyridine rings is 1. The fourth-order valence-corrected chi connectivity index (χ4v) is 4.45. The molecule has 2 fully saturated rings. The van der Waals surface area contributed by atoms with Crippen molar-refractivity contribution in [3.63, 3.8) is 0 Å². The van der Waals surface area contributed by atoms with Crippen molar-refractivity contribution in [2.75, 3.05) is 31.6 Å². The van der Waals surface area contributed by atoms with Crippen LogP contribution in [0.5, 0.6) is 0 Å². The van der Waals surface area contributed by atoms with Crippen molar-refractivity contribution >= 4 is 17.4 Å². The van der Waals surface area contributed by atoms with Crippen LogP contribution >= 0.6 is 11.6 Å². The lowest BCUT2D eigenvalue weighted by atomic mass is 9.84. The molecule has 0 radical (unpaired) electrons. The van der Waals surface area contributed by atoms with Gasteiger partial charge in [0.2, 0.25) is 0 Å². The van der Waals surface area contributed by atoms with Crippen LogP contribution < -0.4 is 4.90 Å². The predicted octanol–water partition coefficient (Wildman–Crippen LogP) is 3.36. The van der Waals surface area contributed by atoms with Crippen LogP contribution in [0.1, 0.15) is 36.1 Å². The number of halogens is 1. The Morgan fingerprint density at radius 2 is 2.10 bits per heavy atom. The van der Waals surface area contributed by atoms with Crippen LogP contribution in [-0.2, 0) is 5.88 Å². The molecule has 2 aliphatic heterocycles. The fourth-order valence-electron chi connectivity index (χ4n) is 4.12. The molecule has 1 aromatic rings. The first-order valence-corrected chi connectivity index (χ1v) is 8.62. The van der Waals surface area contributed by atoms with Crippen molar-refractivity contribution < 1.29 is 0 Å². The molecule has 0 aromatic carbocycles. The van der Waals surface area contributed by atoms with Gasteiger partial charge in [-0.1, -0.05) is 0 Å². The normalized spacial score (nSPS) is 26.8. The van der Waals surface area contributed by atoms with Gasteiger partial charge in [-0.15, -0.1) is 11.6 Å². The number of piperidine rings is 2. The number of anilines is 1. The maximum absolute atomic E-state index is 6.19. The number of fused-ring (bicyclic) bond motifs is 1. The number of hydrogen-bond donors (Lipinski definition) is 0. The van der Waals surface area contributed by atoms with E-state index < -0.39 is 0 Å². The Bertz CT molecular complexity index is 517. The van der Waals surface area contributed by atoms with E-state index >= 15 is 0 Å². The second-order valence-corrected chi connectivity index (χ2v) is 6.97. The van der Waals surface area contributed by atoms with E-state index in [0.29, 0.717) is 5.88 Å². The van der Waals surface area contributed by atoms with E-state index in [9.17, 15) is 0 Å². The van der Waals surface area contributed by atoms with E-state index in [0.717, 1.165) is 36.6 Å². The second-order valence-electron chi connectivity index (χ2n) is 6.70. The summed E-state index contributed by atoms with van der Waals surface area (Å²) in [6.07, 6.45) is 3.93. The molecule has 0 amide bonds. The zero-order chi connectivity index (χ0) is 15.0. The topological polar surface area (TPSA) is 19.4 Å². The van der Waals surface area contributed by atoms with Gasteiger partial charge in [0, 0.05) is 30.4 Å². The van der Waals surface area contributed by atoms with Gasteiger partial charge >= 0.3 is 0 Å².